The highest BCUT2D eigenvalue weighted by atomic mass is 16.4. The smallest absolute Gasteiger partial charge is 0.452 e. The molecule has 0 aromatic carbocycles. The molecule has 0 radical (unpaired) electrons. The van der Waals surface area contributed by atoms with E-state index < -0.39 is 37.7 Å². The van der Waals surface area contributed by atoms with Gasteiger partial charge in [0.25, 0.3) is 0 Å². The number of carbonyl (C=O) groups is 2. The first-order chi connectivity index (χ1) is 5.43. The topological polar surface area (TPSA) is 115 Å². The Morgan fingerprint density at radius 3 is 2.00 bits per heavy atom. The van der Waals surface area contributed by atoms with Crippen molar-refractivity contribution in [2.24, 2.45) is 5.92 Å². The van der Waals surface area contributed by atoms with Crippen LogP contribution in [-0.4, -0.2) is 39.3 Å². The van der Waals surface area contributed by atoms with Gasteiger partial charge in [-0.25, -0.2) is 0 Å². The van der Waals surface area contributed by atoms with Gasteiger partial charge < -0.3 is 20.3 Å². The summed E-state index contributed by atoms with van der Waals surface area (Å²) in [4.78, 5) is 20.4. The first-order valence-corrected chi connectivity index (χ1v) is 3.24. The minimum Gasteiger partial charge on any atom is -0.481 e. The highest BCUT2D eigenvalue weighted by Gasteiger charge is 2.25. The van der Waals surface area contributed by atoms with E-state index >= 15 is 0 Å². The van der Waals surface area contributed by atoms with Gasteiger partial charge in [0.15, 0.2) is 0 Å². The Bertz CT molecular complexity index is 179. The monoisotopic (exact) mass is 176 g/mol. The number of aliphatic carboxylic acids is 2. The van der Waals surface area contributed by atoms with Crippen LogP contribution in [0.2, 0.25) is 6.32 Å². The van der Waals surface area contributed by atoms with Crippen molar-refractivity contribution >= 4 is 19.1 Å². The van der Waals surface area contributed by atoms with E-state index in [1.807, 2.05) is 0 Å². The molecule has 0 amide bonds. The van der Waals surface area contributed by atoms with Crippen molar-refractivity contribution in [2.75, 3.05) is 0 Å². The molecule has 0 aliphatic rings. The Kier molecular flexibility index (Phi) is 4.31. The molecule has 0 aliphatic carbocycles. The van der Waals surface area contributed by atoms with Gasteiger partial charge in [0.05, 0.1) is 12.3 Å². The Morgan fingerprint density at radius 2 is 1.75 bits per heavy atom. The minimum absolute atomic E-state index is 0.471. The summed E-state index contributed by atoms with van der Waals surface area (Å²) >= 11 is 0. The van der Waals surface area contributed by atoms with E-state index in [0.717, 1.165) is 0 Å². The SMILES string of the molecule is O=C(O)CC(CB(O)O)C(=O)O. The van der Waals surface area contributed by atoms with Gasteiger partial charge in [-0.05, 0) is 6.32 Å². The fraction of sp³-hybridized carbons (Fsp3) is 0.600. The molecule has 1 atom stereocenters. The molecule has 68 valence electrons. The molecule has 12 heavy (non-hydrogen) atoms. The van der Waals surface area contributed by atoms with Crippen molar-refractivity contribution < 1.29 is 29.9 Å². The lowest BCUT2D eigenvalue weighted by atomic mass is 9.77. The first kappa shape index (κ1) is 10.9. The van der Waals surface area contributed by atoms with E-state index in [-0.39, 0.29) is 0 Å². The highest BCUT2D eigenvalue weighted by molar-refractivity contribution is 6.41. The van der Waals surface area contributed by atoms with Crippen molar-refractivity contribution in [3.8, 4) is 0 Å². The number of carboxylic acid groups (broad SMARTS) is 2. The van der Waals surface area contributed by atoms with Crippen LogP contribution in [0.5, 0.6) is 0 Å². The summed E-state index contributed by atoms with van der Waals surface area (Å²) in [6.45, 7) is 0. The summed E-state index contributed by atoms with van der Waals surface area (Å²) in [5.74, 6) is -3.86. The second kappa shape index (κ2) is 4.73. The summed E-state index contributed by atoms with van der Waals surface area (Å²) in [5, 5.41) is 33.4. The van der Waals surface area contributed by atoms with Crippen LogP contribution in [0.3, 0.4) is 0 Å². The fourth-order valence-electron chi connectivity index (χ4n) is 0.737. The normalized spacial score (nSPS) is 12.2. The van der Waals surface area contributed by atoms with E-state index in [2.05, 4.69) is 0 Å². The summed E-state index contributed by atoms with van der Waals surface area (Å²) < 4.78 is 0. The number of carboxylic acids is 2. The van der Waals surface area contributed by atoms with Gasteiger partial charge in [-0.2, -0.15) is 0 Å². The standard InChI is InChI=1S/C5H9BO6/c7-4(8)1-3(5(9)10)2-6(11)12/h3,11-12H,1-2H2,(H,7,8)(H,9,10). The average molecular weight is 176 g/mol. The third-order valence-corrected chi connectivity index (χ3v) is 1.27. The first-order valence-electron chi connectivity index (χ1n) is 3.24. The molecule has 0 fully saturated rings. The summed E-state index contributed by atoms with van der Waals surface area (Å²) in [7, 11) is -1.79. The third-order valence-electron chi connectivity index (χ3n) is 1.27. The van der Waals surface area contributed by atoms with E-state index in [4.69, 9.17) is 20.3 Å². The summed E-state index contributed by atoms with van der Waals surface area (Å²) in [6, 6.07) is 0. The molecule has 0 aliphatic heterocycles. The predicted molar refractivity (Wildman–Crippen MR) is 38.4 cm³/mol. The molecule has 4 N–H and O–H groups in total. The van der Waals surface area contributed by atoms with Crippen molar-refractivity contribution in [3.63, 3.8) is 0 Å². The summed E-state index contributed by atoms with van der Waals surface area (Å²) in [5.41, 5.74) is 0. The van der Waals surface area contributed by atoms with Gasteiger partial charge in [-0.3, -0.25) is 9.59 Å². The lowest BCUT2D eigenvalue weighted by Gasteiger charge is -2.07. The van der Waals surface area contributed by atoms with Crippen molar-refractivity contribution in [1.29, 1.82) is 0 Å². The van der Waals surface area contributed by atoms with Gasteiger partial charge >= 0.3 is 19.1 Å². The van der Waals surface area contributed by atoms with Gasteiger partial charge in [0.1, 0.15) is 0 Å². The summed E-state index contributed by atoms with van der Waals surface area (Å²) in [6.07, 6.45) is -1.07. The molecule has 0 aromatic heterocycles. The van der Waals surface area contributed by atoms with Crippen molar-refractivity contribution in [3.05, 3.63) is 0 Å². The lowest BCUT2D eigenvalue weighted by molar-refractivity contribution is -0.147. The van der Waals surface area contributed by atoms with Crippen LogP contribution in [0.25, 0.3) is 0 Å². The van der Waals surface area contributed by atoms with E-state index in [1.165, 1.54) is 0 Å². The van der Waals surface area contributed by atoms with Crippen LogP contribution in [-0.2, 0) is 9.59 Å². The van der Waals surface area contributed by atoms with Crippen molar-refractivity contribution in [2.45, 2.75) is 12.7 Å². The fourth-order valence-corrected chi connectivity index (χ4v) is 0.737. The molecule has 0 aromatic rings. The quantitative estimate of drug-likeness (QED) is 0.384. The zero-order valence-electron chi connectivity index (χ0n) is 6.17. The van der Waals surface area contributed by atoms with Crippen molar-refractivity contribution in [1.82, 2.24) is 0 Å². The molecule has 6 nitrogen and oxygen atoms in total. The Hall–Kier alpha value is -1.08. The molecular weight excluding hydrogens is 167 g/mol. The van der Waals surface area contributed by atoms with Gasteiger partial charge in [0, 0.05) is 0 Å². The van der Waals surface area contributed by atoms with Crippen LogP contribution in [0.15, 0.2) is 0 Å². The molecule has 0 rings (SSSR count). The van der Waals surface area contributed by atoms with E-state index in [1.54, 1.807) is 0 Å². The average Bonchev–Trinajstić information content (AvgIpc) is 1.83. The Morgan fingerprint density at radius 1 is 1.25 bits per heavy atom. The maximum absolute atomic E-state index is 10.3. The molecule has 7 heteroatoms. The van der Waals surface area contributed by atoms with Gasteiger partial charge in [-0.15, -0.1) is 0 Å². The maximum atomic E-state index is 10.3. The molecule has 0 bridgehead atoms. The molecule has 0 saturated carbocycles. The largest absolute Gasteiger partial charge is 0.481 e. The minimum atomic E-state index is -1.79. The number of rotatable bonds is 5. The molecular formula is C5H9BO6. The molecule has 0 heterocycles. The van der Waals surface area contributed by atoms with Crippen LogP contribution in [0.1, 0.15) is 6.42 Å². The highest BCUT2D eigenvalue weighted by Crippen LogP contribution is 2.10. The van der Waals surface area contributed by atoms with E-state index in [9.17, 15) is 9.59 Å². The van der Waals surface area contributed by atoms with Crippen LogP contribution < -0.4 is 0 Å². The zero-order valence-corrected chi connectivity index (χ0v) is 6.17. The molecule has 0 saturated heterocycles. The van der Waals surface area contributed by atoms with Gasteiger partial charge in [-0.1, -0.05) is 0 Å². The Labute approximate surface area is 68.6 Å². The third kappa shape index (κ3) is 4.70. The number of hydrogen-bond donors (Lipinski definition) is 4. The van der Waals surface area contributed by atoms with Crippen LogP contribution in [0, 0.1) is 5.92 Å². The Balaban J connectivity index is 4.04. The predicted octanol–water partition coefficient (Wildman–Crippen LogP) is -1.37. The number of hydrogen-bond acceptors (Lipinski definition) is 4. The maximum Gasteiger partial charge on any atom is 0.452 e. The molecule has 1 unspecified atom stereocenters. The second-order valence-electron chi connectivity index (χ2n) is 2.35. The van der Waals surface area contributed by atoms with Crippen LogP contribution in [0.4, 0.5) is 0 Å². The zero-order chi connectivity index (χ0) is 9.72. The van der Waals surface area contributed by atoms with Gasteiger partial charge in [0.2, 0.25) is 0 Å². The second-order valence-corrected chi connectivity index (χ2v) is 2.35. The lowest BCUT2D eigenvalue weighted by Crippen LogP contribution is -2.24. The molecule has 0 spiro atoms. The van der Waals surface area contributed by atoms with Crippen LogP contribution >= 0.6 is 0 Å². The van der Waals surface area contributed by atoms with E-state index in [0.29, 0.717) is 0 Å².